The van der Waals surface area contributed by atoms with E-state index in [4.69, 9.17) is 0 Å². The smallest absolute Gasteiger partial charge is 0.255 e. The van der Waals surface area contributed by atoms with Crippen LogP contribution in [0.4, 0.5) is 5.82 Å². The van der Waals surface area contributed by atoms with Gasteiger partial charge in [0, 0.05) is 63.0 Å². The first kappa shape index (κ1) is 19.5. The molecule has 0 aliphatic carbocycles. The van der Waals surface area contributed by atoms with Gasteiger partial charge in [-0.1, -0.05) is 12.1 Å². The van der Waals surface area contributed by atoms with E-state index in [-0.39, 0.29) is 5.91 Å². The van der Waals surface area contributed by atoms with Gasteiger partial charge in [0.2, 0.25) is 0 Å². The van der Waals surface area contributed by atoms with Gasteiger partial charge in [0.1, 0.15) is 5.82 Å². The molecular weight excluding hydrogens is 352 g/mol. The molecule has 0 aliphatic heterocycles. The summed E-state index contributed by atoms with van der Waals surface area (Å²) in [5, 5.41) is 7.32. The van der Waals surface area contributed by atoms with E-state index in [1.807, 2.05) is 58.3 Å². The van der Waals surface area contributed by atoms with E-state index in [0.29, 0.717) is 12.1 Å². The molecule has 0 fully saturated rings. The molecule has 1 N–H and O–H groups in total. The molecule has 1 amide bonds. The average Bonchev–Trinajstić information content (AvgIpc) is 2.97. The number of anilines is 1. The van der Waals surface area contributed by atoms with Crippen molar-refractivity contribution < 1.29 is 4.79 Å². The van der Waals surface area contributed by atoms with Crippen molar-refractivity contribution in [1.82, 2.24) is 25.1 Å². The van der Waals surface area contributed by atoms with Gasteiger partial charge in [0.05, 0.1) is 11.3 Å². The van der Waals surface area contributed by atoms with Gasteiger partial charge in [-0.25, -0.2) is 4.98 Å². The normalized spacial score (nSPS) is 10.7. The monoisotopic (exact) mass is 378 g/mol. The molecule has 0 saturated carbocycles. The molecule has 28 heavy (non-hydrogen) atoms. The minimum Gasteiger partial charge on any atom is -0.359 e. The molecule has 0 atom stereocenters. The summed E-state index contributed by atoms with van der Waals surface area (Å²) in [6.07, 6.45) is 4.40. The van der Waals surface area contributed by atoms with E-state index in [2.05, 4.69) is 25.3 Å². The van der Waals surface area contributed by atoms with Crippen LogP contribution in [0.3, 0.4) is 0 Å². The second-order valence-corrected chi connectivity index (χ2v) is 6.83. The number of likely N-dealkylation sites (N-methyl/N-ethyl adjacent to an activating group) is 1. The van der Waals surface area contributed by atoms with Crippen LogP contribution >= 0.6 is 0 Å². The van der Waals surface area contributed by atoms with E-state index in [9.17, 15) is 4.79 Å². The number of hydrogen-bond donors (Lipinski definition) is 1. The van der Waals surface area contributed by atoms with E-state index in [0.717, 1.165) is 41.4 Å². The molecule has 0 radical (unpaired) electrons. The van der Waals surface area contributed by atoms with Crippen LogP contribution in [0.2, 0.25) is 0 Å². The predicted molar refractivity (Wildman–Crippen MR) is 109 cm³/mol. The number of carbonyl (C=O) groups is 1. The molecule has 3 rings (SSSR count). The van der Waals surface area contributed by atoms with Gasteiger partial charge < -0.3 is 10.2 Å². The highest BCUT2D eigenvalue weighted by Crippen LogP contribution is 2.17. The molecular formula is C21H26N6O. The molecule has 0 aromatic carbocycles. The van der Waals surface area contributed by atoms with Crippen molar-refractivity contribution >= 4 is 11.7 Å². The van der Waals surface area contributed by atoms with E-state index < -0.39 is 0 Å². The van der Waals surface area contributed by atoms with Crippen LogP contribution in [0.1, 0.15) is 33.0 Å². The highest BCUT2D eigenvalue weighted by molar-refractivity contribution is 5.96. The standard InChI is InChI=1S/C21H26N6O/c1-15-19(16(2)27(4)25-15)21(28)24-14-17-8-7-12-23-20(17)26(3)13-10-18-9-5-6-11-22-18/h5-9,11-12H,10,13-14H2,1-4H3,(H,24,28). The summed E-state index contributed by atoms with van der Waals surface area (Å²) in [6.45, 7) is 4.94. The number of rotatable bonds is 7. The van der Waals surface area contributed by atoms with Crippen molar-refractivity contribution in [3.8, 4) is 0 Å². The second kappa shape index (κ2) is 8.65. The maximum absolute atomic E-state index is 12.7. The molecule has 0 unspecified atom stereocenters. The zero-order valence-corrected chi connectivity index (χ0v) is 16.8. The number of nitrogens with one attached hydrogen (secondary N) is 1. The highest BCUT2D eigenvalue weighted by Gasteiger charge is 2.18. The van der Waals surface area contributed by atoms with Crippen LogP contribution in [0.15, 0.2) is 42.7 Å². The van der Waals surface area contributed by atoms with Crippen LogP contribution in [-0.4, -0.2) is 39.2 Å². The molecule has 146 valence electrons. The number of aromatic nitrogens is 4. The zero-order valence-electron chi connectivity index (χ0n) is 16.8. The molecule has 0 bridgehead atoms. The average molecular weight is 378 g/mol. The van der Waals surface area contributed by atoms with Crippen LogP contribution in [0.25, 0.3) is 0 Å². The molecule has 0 spiro atoms. The Morgan fingerprint density at radius 1 is 1.14 bits per heavy atom. The van der Waals surface area contributed by atoms with Gasteiger partial charge in [0.25, 0.3) is 5.91 Å². The maximum atomic E-state index is 12.7. The van der Waals surface area contributed by atoms with Crippen LogP contribution in [0, 0.1) is 13.8 Å². The Kier molecular flexibility index (Phi) is 6.03. The number of aryl methyl sites for hydroxylation is 2. The van der Waals surface area contributed by atoms with Gasteiger partial charge in [-0.2, -0.15) is 5.10 Å². The Labute approximate surface area is 165 Å². The predicted octanol–water partition coefficient (Wildman–Crippen LogP) is 2.44. The third-order valence-corrected chi connectivity index (χ3v) is 4.83. The van der Waals surface area contributed by atoms with Crippen molar-refractivity contribution in [3.63, 3.8) is 0 Å². The van der Waals surface area contributed by atoms with Crippen molar-refractivity contribution in [2.45, 2.75) is 26.8 Å². The summed E-state index contributed by atoms with van der Waals surface area (Å²) in [6, 6.07) is 9.80. The van der Waals surface area contributed by atoms with Crippen LogP contribution < -0.4 is 10.2 Å². The molecule has 7 heteroatoms. The van der Waals surface area contributed by atoms with Gasteiger partial charge in [0.15, 0.2) is 0 Å². The lowest BCUT2D eigenvalue weighted by atomic mass is 10.1. The van der Waals surface area contributed by atoms with Gasteiger partial charge in [-0.3, -0.25) is 14.5 Å². The number of nitrogens with zero attached hydrogens (tertiary/aromatic N) is 5. The van der Waals surface area contributed by atoms with Crippen LogP contribution in [-0.2, 0) is 20.0 Å². The Hall–Kier alpha value is -3.22. The maximum Gasteiger partial charge on any atom is 0.255 e. The van der Waals surface area contributed by atoms with Gasteiger partial charge >= 0.3 is 0 Å². The first-order chi connectivity index (χ1) is 13.5. The van der Waals surface area contributed by atoms with E-state index in [1.165, 1.54) is 0 Å². The SMILES string of the molecule is Cc1nn(C)c(C)c1C(=O)NCc1cccnc1N(C)CCc1ccccn1. The van der Waals surface area contributed by atoms with E-state index in [1.54, 1.807) is 17.1 Å². The Morgan fingerprint density at radius 2 is 1.93 bits per heavy atom. The minimum absolute atomic E-state index is 0.117. The largest absolute Gasteiger partial charge is 0.359 e. The zero-order chi connectivity index (χ0) is 20.1. The minimum atomic E-state index is -0.117. The molecule has 3 aromatic rings. The first-order valence-electron chi connectivity index (χ1n) is 9.30. The highest BCUT2D eigenvalue weighted by atomic mass is 16.1. The number of amides is 1. The van der Waals surface area contributed by atoms with Gasteiger partial charge in [-0.05, 0) is 32.0 Å². The Morgan fingerprint density at radius 3 is 2.61 bits per heavy atom. The summed E-state index contributed by atoms with van der Waals surface area (Å²) in [7, 11) is 3.85. The van der Waals surface area contributed by atoms with Crippen molar-refractivity contribution in [2.24, 2.45) is 7.05 Å². The van der Waals surface area contributed by atoms with Crippen LogP contribution in [0.5, 0.6) is 0 Å². The molecule has 3 heterocycles. The topological polar surface area (TPSA) is 75.9 Å². The first-order valence-corrected chi connectivity index (χ1v) is 9.30. The summed E-state index contributed by atoms with van der Waals surface area (Å²) >= 11 is 0. The fourth-order valence-corrected chi connectivity index (χ4v) is 3.21. The second-order valence-electron chi connectivity index (χ2n) is 6.83. The molecule has 7 nitrogen and oxygen atoms in total. The Balaban J connectivity index is 1.67. The van der Waals surface area contributed by atoms with Crippen molar-refractivity contribution in [3.05, 3.63) is 70.9 Å². The summed E-state index contributed by atoms with van der Waals surface area (Å²) in [5.41, 5.74) is 4.24. The third-order valence-electron chi connectivity index (χ3n) is 4.83. The third kappa shape index (κ3) is 4.36. The van der Waals surface area contributed by atoms with E-state index >= 15 is 0 Å². The molecule has 0 saturated heterocycles. The summed E-state index contributed by atoms with van der Waals surface area (Å²) < 4.78 is 1.73. The summed E-state index contributed by atoms with van der Waals surface area (Å²) in [5.74, 6) is 0.743. The lowest BCUT2D eigenvalue weighted by Crippen LogP contribution is -2.27. The van der Waals surface area contributed by atoms with Crippen molar-refractivity contribution in [2.75, 3.05) is 18.5 Å². The van der Waals surface area contributed by atoms with Gasteiger partial charge in [-0.15, -0.1) is 0 Å². The number of pyridine rings is 2. The molecule has 0 aliphatic rings. The fraction of sp³-hybridized carbons (Fsp3) is 0.333. The summed E-state index contributed by atoms with van der Waals surface area (Å²) in [4.78, 5) is 23.6. The number of hydrogen-bond acceptors (Lipinski definition) is 5. The number of carbonyl (C=O) groups excluding carboxylic acids is 1. The molecule has 3 aromatic heterocycles. The van der Waals surface area contributed by atoms with Crippen molar-refractivity contribution in [1.29, 1.82) is 0 Å². The fourth-order valence-electron chi connectivity index (χ4n) is 3.21. The lowest BCUT2D eigenvalue weighted by Gasteiger charge is -2.21. The quantitative estimate of drug-likeness (QED) is 0.683. The Bertz CT molecular complexity index is 951. The lowest BCUT2D eigenvalue weighted by molar-refractivity contribution is 0.0949.